The van der Waals surface area contributed by atoms with Gasteiger partial charge in [0.1, 0.15) is 0 Å². The van der Waals surface area contributed by atoms with Crippen LogP contribution in [0.4, 0.5) is 32.4 Å². The Bertz CT molecular complexity index is 1210. The van der Waals surface area contributed by atoms with Crippen LogP contribution in [0.25, 0.3) is 5.57 Å². The van der Waals surface area contributed by atoms with Crippen LogP contribution in [0.1, 0.15) is 37.7 Å². The molecule has 2 amide bonds. The number of nitrogens with two attached hydrogens (primary N) is 1. The zero-order valence-electron chi connectivity index (χ0n) is 19.9. The van der Waals surface area contributed by atoms with Gasteiger partial charge in [-0.15, -0.1) is 0 Å². The second-order valence-electron chi connectivity index (χ2n) is 7.86. The summed E-state index contributed by atoms with van der Waals surface area (Å²) in [7, 11) is 0. The number of carbonyl (C=O) groups is 1. The van der Waals surface area contributed by atoms with Gasteiger partial charge in [-0.05, 0) is 0 Å². The molecule has 34 heavy (non-hydrogen) atoms. The fourth-order valence-electron chi connectivity index (χ4n) is 3.25. The maximum absolute atomic E-state index is 12.5. The minimum atomic E-state index is -0.305. The van der Waals surface area contributed by atoms with Crippen LogP contribution in [-0.2, 0) is 0 Å². The van der Waals surface area contributed by atoms with E-state index in [1.165, 1.54) is 0 Å². The number of nitrogen functional groups attached to an aromatic ring is 1. The van der Waals surface area contributed by atoms with Crippen LogP contribution in [0, 0.1) is 6.92 Å². The molecule has 0 fully saturated rings. The molecule has 0 saturated heterocycles. The van der Waals surface area contributed by atoms with Crippen molar-refractivity contribution >= 4 is 57.5 Å². The van der Waals surface area contributed by atoms with Gasteiger partial charge < -0.3 is 0 Å². The van der Waals surface area contributed by atoms with Crippen LogP contribution in [-0.4, -0.2) is 12.9 Å². The Kier molecular flexibility index (Phi) is 9.29. The van der Waals surface area contributed by atoms with E-state index in [4.69, 9.17) is 5.73 Å². The number of urea groups is 1. The predicted molar refractivity (Wildman–Crippen MR) is 150 cm³/mol. The number of para-hydroxylation sites is 1. The monoisotopic (exact) mass is 470 g/mol. The van der Waals surface area contributed by atoms with E-state index in [1.54, 1.807) is 23.5 Å². The summed E-state index contributed by atoms with van der Waals surface area (Å²) in [6.07, 6.45) is 12.7. The summed E-state index contributed by atoms with van der Waals surface area (Å²) in [4.78, 5) is 13.4. The Hall–Kier alpha value is -3.58. The number of nitrogens with one attached hydrogen (secondary N) is 3. The van der Waals surface area contributed by atoms with Gasteiger partial charge in [-0.1, -0.05) is 0 Å². The second-order valence-corrected chi connectivity index (χ2v) is 8.77. The fraction of sp³-hybridized carbons (Fsp3) is 0.185. The molecule has 0 aliphatic rings. The van der Waals surface area contributed by atoms with Crippen molar-refractivity contribution in [3.05, 3.63) is 89.2 Å². The van der Waals surface area contributed by atoms with Gasteiger partial charge in [0.05, 0.1) is 0 Å². The third-order valence-corrected chi connectivity index (χ3v) is 5.96. The van der Waals surface area contributed by atoms with E-state index in [2.05, 4.69) is 53.4 Å². The first-order valence-electron chi connectivity index (χ1n) is 11.4. The first-order valence-corrected chi connectivity index (χ1v) is 12.3. The van der Waals surface area contributed by atoms with Gasteiger partial charge in [0.25, 0.3) is 0 Å². The number of hydrogen-bond acceptors (Lipinski definition) is 4. The normalized spacial score (nSPS) is 11.7. The SMILES string of the molecule is C\C=C/C=C(\C=C\CCC)c1bc(Nc2cc(NC(=O)Nc3ccccc3C)ccc2N)sc1. The number of amides is 2. The summed E-state index contributed by atoms with van der Waals surface area (Å²) >= 11 is 1.61. The number of hydrogen-bond donors (Lipinski definition) is 4. The molecule has 0 unspecified atom stereocenters. The van der Waals surface area contributed by atoms with Crippen molar-refractivity contribution in [2.75, 3.05) is 21.7 Å². The van der Waals surface area contributed by atoms with Gasteiger partial charge >= 0.3 is 207 Å². The van der Waals surface area contributed by atoms with Crippen LogP contribution >= 0.6 is 11.3 Å². The van der Waals surface area contributed by atoms with Crippen molar-refractivity contribution in [2.24, 2.45) is 0 Å². The van der Waals surface area contributed by atoms with E-state index in [1.807, 2.05) is 56.3 Å². The second kappa shape index (κ2) is 12.6. The summed E-state index contributed by atoms with van der Waals surface area (Å²) < 4.78 is 0. The maximum atomic E-state index is 12.5. The molecule has 0 bridgehead atoms. The van der Waals surface area contributed by atoms with Gasteiger partial charge in [0.15, 0.2) is 0 Å². The van der Waals surface area contributed by atoms with Crippen molar-refractivity contribution in [1.29, 1.82) is 0 Å². The van der Waals surface area contributed by atoms with E-state index in [0.717, 1.165) is 45.7 Å². The molecule has 0 aliphatic heterocycles. The molecular weight excluding hydrogens is 439 g/mol. The Morgan fingerprint density at radius 2 is 1.97 bits per heavy atom. The Labute approximate surface area is 206 Å². The summed E-state index contributed by atoms with van der Waals surface area (Å²) in [5, 5.41) is 11.3. The average molecular weight is 470 g/mol. The molecule has 0 aliphatic carbocycles. The molecule has 3 aromatic rings. The molecule has 1 aromatic heterocycles. The van der Waals surface area contributed by atoms with E-state index in [0.29, 0.717) is 11.4 Å². The third-order valence-electron chi connectivity index (χ3n) is 5.12. The molecule has 174 valence electrons. The van der Waals surface area contributed by atoms with Crippen LogP contribution in [0.15, 0.2) is 78.2 Å². The van der Waals surface area contributed by atoms with Crippen LogP contribution < -0.4 is 21.7 Å². The van der Waals surface area contributed by atoms with E-state index < -0.39 is 0 Å². The number of anilines is 5. The van der Waals surface area contributed by atoms with Crippen LogP contribution in [0.3, 0.4) is 0 Å². The Morgan fingerprint density at radius 3 is 2.74 bits per heavy atom. The van der Waals surface area contributed by atoms with E-state index in [9.17, 15) is 4.79 Å². The van der Waals surface area contributed by atoms with Crippen molar-refractivity contribution in [3.8, 4) is 0 Å². The van der Waals surface area contributed by atoms with Gasteiger partial charge in [0, 0.05) is 0 Å². The number of unbranched alkanes of at least 4 members (excludes halogenated alkanes) is 1. The minimum absolute atomic E-state index is 0.305. The fourth-order valence-corrected chi connectivity index (χ4v) is 4.07. The zero-order chi connectivity index (χ0) is 24.3. The standard InChI is InChI=1S/C27H31BN4OS/c1-4-6-8-13-20(12-7-5-2)22-18-34-26(28-22)31-25-17-21(15-16-23(25)29)30-27(33)32-24-14-10-9-11-19(24)3/h5,7-18,31H,4,6,29H2,1-3H3,(H2,30,32,33)/b7-5-,13-8+,20-12+. The number of carbonyl (C=O) groups excluding carboxylic acids is 1. The van der Waals surface area contributed by atoms with E-state index >= 15 is 0 Å². The molecule has 0 spiro atoms. The topological polar surface area (TPSA) is 79.2 Å². The number of benzene rings is 2. The third kappa shape index (κ3) is 7.22. The molecule has 3 rings (SSSR count). The van der Waals surface area contributed by atoms with Gasteiger partial charge in [-0.3, -0.25) is 0 Å². The first kappa shape index (κ1) is 25.1. The quantitative estimate of drug-likeness (QED) is 0.191. The molecule has 5 N–H and O–H groups in total. The number of aryl methyl sites for hydroxylation is 1. The molecule has 1 heterocycles. The van der Waals surface area contributed by atoms with Crippen LogP contribution in [0.2, 0.25) is 0 Å². The molecule has 2 aromatic carbocycles. The Morgan fingerprint density at radius 1 is 1.15 bits per heavy atom. The molecule has 0 radical (unpaired) electrons. The van der Waals surface area contributed by atoms with Gasteiger partial charge in [-0.25, -0.2) is 0 Å². The zero-order valence-corrected chi connectivity index (χ0v) is 20.7. The van der Waals surface area contributed by atoms with Gasteiger partial charge in [0.2, 0.25) is 0 Å². The van der Waals surface area contributed by atoms with Crippen molar-refractivity contribution in [3.63, 3.8) is 0 Å². The molecule has 5 nitrogen and oxygen atoms in total. The number of rotatable bonds is 9. The Balaban J connectivity index is 1.72. The van der Waals surface area contributed by atoms with Crippen LogP contribution in [0.5, 0.6) is 0 Å². The molecule has 7 heteroatoms. The summed E-state index contributed by atoms with van der Waals surface area (Å²) in [5.41, 5.74) is 12.3. The summed E-state index contributed by atoms with van der Waals surface area (Å²) in [6, 6.07) is 12.8. The van der Waals surface area contributed by atoms with Gasteiger partial charge in [-0.2, -0.15) is 0 Å². The van der Waals surface area contributed by atoms with Crippen molar-refractivity contribution in [2.45, 2.75) is 33.6 Å². The number of allylic oxidation sites excluding steroid dienone is 6. The first-order chi connectivity index (χ1) is 16.5. The summed E-state index contributed by atoms with van der Waals surface area (Å²) in [6.45, 7) is 8.25. The molecular formula is C27H31BN4OS. The van der Waals surface area contributed by atoms with E-state index in [-0.39, 0.29) is 6.03 Å². The average Bonchev–Trinajstić information content (AvgIpc) is 3.28. The molecule has 0 saturated carbocycles. The van der Waals surface area contributed by atoms with Crippen molar-refractivity contribution < 1.29 is 4.79 Å². The predicted octanol–water partition coefficient (Wildman–Crippen LogP) is 7.68. The van der Waals surface area contributed by atoms with Crippen molar-refractivity contribution in [1.82, 2.24) is 0 Å². The molecule has 0 atom stereocenters. The summed E-state index contributed by atoms with van der Waals surface area (Å²) in [5.74, 6) is 0.